The number of fused-ring (bicyclic) bond motifs is 12. The van der Waals surface area contributed by atoms with Crippen molar-refractivity contribution in [3.05, 3.63) is 393 Å². The molecule has 547 valence electrons. The highest BCUT2D eigenvalue weighted by Crippen LogP contribution is 2.43. The number of para-hydroxylation sites is 4. The highest BCUT2D eigenvalue weighted by molar-refractivity contribution is 9.10. The smallest absolute Gasteiger partial charge is 0.537 e. The summed E-state index contributed by atoms with van der Waals surface area (Å²) in [4.78, 5) is 39.3. The van der Waals surface area contributed by atoms with Gasteiger partial charge < -0.3 is 18.8 Å². The zero-order valence-corrected chi connectivity index (χ0v) is 63.7. The van der Waals surface area contributed by atoms with Gasteiger partial charge >= 0.3 is 7.69 Å². The number of hydrogen-bond donors (Lipinski definition) is 1. The quantitative estimate of drug-likeness (QED) is 0.110. The van der Waals surface area contributed by atoms with Gasteiger partial charge in [-0.1, -0.05) is 271 Å². The van der Waals surface area contributed by atoms with Gasteiger partial charge in [0.25, 0.3) is 0 Å². The Balaban J connectivity index is 0.000000124. The molecule has 22 aromatic rings. The van der Waals surface area contributed by atoms with Crippen molar-refractivity contribution in [2.24, 2.45) is 0 Å². The van der Waals surface area contributed by atoms with E-state index in [1.165, 1.54) is 27.4 Å². The maximum absolute atomic E-state index is 9.02. The van der Waals surface area contributed by atoms with Crippen LogP contribution in [0.2, 0.25) is 0 Å². The van der Waals surface area contributed by atoms with Crippen molar-refractivity contribution in [3.63, 3.8) is 0 Å². The Labute approximate surface area is 675 Å². The third kappa shape index (κ3) is 13.0. The zero-order chi connectivity index (χ0) is 77.4. The fraction of sp³-hybridized carbons (Fsp3) is 0. The number of benzene rings is 14. The number of halogens is 1. The summed E-state index contributed by atoms with van der Waals surface area (Å²) in [6, 6.07) is 129. The maximum Gasteiger partial charge on any atom is 0.569 e. The van der Waals surface area contributed by atoms with Crippen molar-refractivity contribution in [1.29, 1.82) is 0 Å². The van der Waals surface area contributed by atoms with Crippen LogP contribution in [0, 0.1) is 0 Å². The Hall–Kier alpha value is -15.1. The van der Waals surface area contributed by atoms with Gasteiger partial charge in [-0.2, -0.15) is 0 Å². The zero-order valence-electron chi connectivity index (χ0n) is 62.1. The molecule has 0 unspecified atom stereocenters. The fourth-order valence-corrected chi connectivity index (χ4v) is 16.3. The van der Waals surface area contributed by atoms with E-state index >= 15 is 0 Å². The van der Waals surface area contributed by atoms with Crippen molar-refractivity contribution in [2.75, 3.05) is 0 Å². The van der Waals surface area contributed by atoms with Crippen LogP contribution >= 0.6 is 15.9 Å². The first-order chi connectivity index (χ1) is 57.4. The van der Waals surface area contributed by atoms with E-state index in [0.29, 0.717) is 40.7 Å². The van der Waals surface area contributed by atoms with E-state index in [-0.39, 0.29) is 0 Å². The minimum atomic E-state index is 0.607. The molecule has 0 aliphatic rings. The molecule has 14 nitrogen and oxygen atoms in total. The lowest BCUT2D eigenvalue weighted by molar-refractivity contribution is 0.457. The van der Waals surface area contributed by atoms with Crippen LogP contribution in [0.4, 0.5) is 0 Å². The van der Waals surface area contributed by atoms with Gasteiger partial charge in [0.1, 0.15) is 17.0 Å². The van der Waals surface area contributed by atoms with Crippen LogP contribution < -0.4 is 4.65 Å². The molecule has 0 aliphatic heterocycles. The van der Waals surface area contributed by atoms with Crippen molar-refractivity contribution in [1.82, 2.24) is 58.1 Å². The van der Waals surface area contributed by atoms with Gasteiger partial charge in [-0.3, -0.25) is 9.13 Å². The van der Waals surface area contributed by atoms with Gasteiger partial charge in [0.05, 0.1) is 33.1 Å². The van der Waals surface area contributed by atoms with Crippen molar-refractivity contribution >= 4 is 111 Å². The number of hydrogen-bond acceptors (Lipinski definition) is 10. The monoisotopic (exact) mass is 1560 g/mol. The summed E-state index contributed by atoms with van der Waals surface area (Å²) in [7, 11) is 0.726. The second kappa shape index (κ2) is 30.5. The first-order valence-electron chi connectivity index (χ1n) is 38.1. The summed E-state index contributed by atoms with van der Waals surface area (Å²) >= 11 is 3.65. The lowest BCUT2D eigenvalue weighted by Gasteiger charge is -2.12. The second-order valence-electron chi connectivity index (χ2n) is 27.9. The maximum atomic E-state index is 9.02. The largest absolute Gasteiger partial charge is 0.569 e. The normalized spacial score (nSPS) is 11.4. The van der Waals surface area contributed by atoms with E-state index in [1.54, 1.807) is 0 Å². The van der Waals surface area contributed by atoms with Gasteiger partial charge in [-0.05, 0) is 132 Å². The molecule has 0 bridgehead atoms. The van der Waals surface area contributed by atoms with E-state index in [2.05, 4.69) is 222 Å². The van der Waals surface area contributed by atoms with E-state index in [1.807, 2.05) is 200 Å². The molecule has 0 aliphatic carbocycles. The second-order valence-corrected chi connectivity index (χ2v) is 28.9. The molecule has 16 heteroatoms. The van der Waals surface area contributed by atoms with Crippen LogP contribution in [-0.2, 0) is 0 Å². The van der Waals surface area contributed by atoms with Crippen LogP contribution in [0.25, 0.3) is 190 Å². The van der Waals surface area contributed by atoms with E-state index in [4.69, 9.17) is 49.6 Å². The molecule has 8 heterocycles. The third-order valence-electron chi connectivity index (χ3n) is 21.0. The molecule has 0 atom stereocenters. The molecule has 0 fully saturated rings. The molecule has 0 spiro atoms. The molecule has 0 saturated carbocycles. The lowest BCUT2D eigenvalue weighted by atomic mass is 9.98. The van der Waals surface area contributed by atoms with Crippen molar-refractivity contribution in [2.45, 2.75) is 0 Å². The standard InChI is InChI=1S/C50H32N6.C32H20BrN5.C18H13BNO2/c1-4-15-33(16-5-1)47-52-48(34-17-6-2-7-18-34)54-49(53-47)36-19-12-22-38(31-36)56-45-32-35(28-29-40(45)41-25-14-30-51-50(41)56)39-24-13-27-44-46(39)42-23-10-11-26-43(42)55(44)37-20-8-3-9-21-37;33-24-16-17-26-27-15-8-18-34-32(27)38(28(26)20-24)25-14-7-13-23(19-25)31-36-29(21-9-3-1-4-10-21)35-30(37-31)22-11-5-2-6-12-22;21-19-22-17-12-6-11-16-18(17)14-9-4-5-10-15(14)20(16)13-7-2-1-3-8-13/h1-32H;1-20H;1-12,21H. The van der Waals surface area contributed by atoms with Crippen LogP contribution in [0.5, 0.6) is 5.75 Å². The lowest BCUT2D eigenvalue weighted by Crippen LogP contribution is -2.01. The highest BCUT2D eigenvalue weighted by atomic mass is 79.9. The first-order valence-corrected chi connectivity index (χ1v) is 38.9. The van der Waals surface area contributed by atoms with Crippen LogP contribution in [0.3, 0.4) is 0 Å². The Kier molecular flexibility index (Phi) is 18.4. The van der Waals surface area contributed by atoms with Crippen molar-refractivity contribution < 1.29 is 9.68 Å². The summed E-state index contributed by atoms with van der Waals surface area (Å²) in [5.74, 6) is 4.41. The van der Waals surface area contributed by atoms with Gasteiger partial charge in [0.15, 0.2) is 34.9 Å². The molecular weight excluding hydrogens is 1490 g/mol. The summed E-state index contributed by atoms with van der Waals surface area (Å²) in [6.45, 7) is 0. The van der Waals surface area contributed by atoms with Crippen molar-refractivity contribution in [3.8, 4) is 108 Å². The van der Waals surface area contributed by atoms with Crippen LogP contribution in [0.1, 0.15) is 0 Å². The number of rotatable bonds is 13. The number of pyridine rings is 2. The fourth-order valence-electron chi connectivity index (χ4n) is 15.9. The molecule has 22 rings (SSSR count). The third-order valence-corrected chi connectivity index (χ3v) is 21.5. The predicted octanol–water partition coefficient (Wildman–Crippen LogP) is 23.9. The van der Waals surface area contributed by atoms with Gasteiger partial charge in [0, 0.05) is 116 Å². The van der Waals surface area contributed by atoms with Gasteiger partial charge in [-0.15, -0.1) is 0 Å². The van der Waals surface area contributed by atoms with Crippen LogP contribution in [0.15, 0.2) is 393 Å². The van der Waals surface area contributed by atoms with E-state index in [9.17, 15) is 0 Å². The van der Waals surface area contributed by atoms with Gasteiger partial charge in [-0.25, -0.2) is 39.9 Å². The SMILES string of the molecule is Brc1ccc2c3cccnc3n(-c3cccc(-c4nc(-c5ccccc5)nc(-c5ccccc5)n4)c3)c2c1.O[B]Oc1cccc2c1c1ccccc1n2-c1ccccc1.c1ccc(-c2nc(-c3ccccc3)nc(-c3cccc(-n4c5cc(-c6cccc7c6c6ccccc6n7-c6ccccc6)ccc5c5cccnc54)c3)n2)cc1. The summed E-state index contributed by atoms with van der Waals surface area (Å²) in [6.07, 6.45) is 3.70. The Bertz CT molecular complexity index is 7320. The molecule has 0 amide bonds. The molecule has 8 aromatic heterocycles. The Morgan fingerprint density at radius 3 is 1.07 bits per heavy atom. The number of aromatic nitrogens is 12. The van der Waals surface area contributed by atoms with Crippen LogP contribution in [-0.4, -0.2) is 70.8 Å². The Morgan fingerprint density at radius 1 is 0.250 bits per heavy atom. The topological polar surface area (TPSA) is 152 Å². The summed E-state index contributed by atoms with van der Waals surface area (Å²) in [5.41, 5.74) is 20.5. The summed E-state index contributed by atoms with van der Waals surface area (Å²) < 4.78 is 15.3. The van der Waals surface area contributed by atoms with E-state index < -0.39 is 0 Å². The molecule has 14 aromatic carbocycles. The average Bonchev–Trinajstić information content (AvgIpc) is 1.53. The molecule has 1 radical (unpaired) electrons. The minimum Gasteiger partial charge on any atom is -0.537 e. The highest BCUT2D eigenvalue weighted by Gasteiger charge is 2.23. The average molecular weight is 1560 g/mol. The first kappa shape index (κ1) is 70.1. The van der Waals surface area contributed by atoms with Gasteiger partial charge in [0.2, 0.25) is 0 Å². The minimum absolute atomic E-state index is 0.607. The summed E-state index contributed by atoms with van der Waals surface area (Å²) in [5, 5.41) is 18.1. The molecule has 0 saturated heterocycles. The Morgan fingerprint density at radius 2 is 0.603 bits per heavy atom. The molecule has 116 heavy (non-hydrogen) atoms. The van der Waals surface area contributed by atoms with E-state index in [0.717, 1.165) is 140 Å². The molecular formula is C100H65BBrN12O2. The number of nitrogens with zero attached hydrogens (tertiary/aromatic N) is 12. The predicted molar refractivity (Wildman–Crippen MR) is 473 cm³/mol. The molecule has 1 N–H and O–H groups in total.